The molecule has 0 saturated heterocycles. The molecule has 0 spiro atoms. The van der Waals surface area contributed by atoms with Crippen molar-refractivity contribution in [2.75, 3.05) is 10.6 Å². The van der Waals surface area contributed by atoms with Crippen LogP contribution in [0, 0.1) is 0 Å². The summed E-state index contributed by atoms with van der Waals surface area (Å²) in [5.41, 5.74) is 2.29. The van der Waals surface area contributed by atoms with Crippen LogP contribution in [-0.2, 0) is 0 Å². The van der Waals surface area contributed by atoms with Crippen LogP contribution in [0.2, 0.25) is 10.0 Å². The lowest BCUT2D eigenvalue weighted by atomic mass is 10.2. The van der Waals surface area contributed by atoms with Gasteiger partial charge in [-0.3, -0.25) is 4.79 Å². The van der Waals surface area contributed by atoms with Gasteiger partial charge in [0.05, 0.1) is 10.0 Å². The van der Waals surface area contributed by atoms with Crippen LogP contribution >= 0.6 is 23.2 Å². The molecular weight excluding hydrogens is 307 g/mol. The highest BCUT2D eigenvalue weighted by molar-refractivity contribution is 6.42. The van der Waals surface area contributed by atoms with E-state index in [-0.39, 0.29) is 5.91 Å². The van der Waals surface area contributed by atoms with E-state index in [1.165, 1.54) is 12.8 Å². The van der Waals surface area contributed by atoms with Crippen LogP contribution in [0.5, 0.6) is 0 Å². The van der Waals surface area contributed by atoms with Crippen molar-refractivity contribution in [3.8, 4) is 0 Å². The minimum absolute atomic E-state index is 0.212. The first kappa shape index (κ1) is 14.2. The Morgan fingerprint density at radius 3 is 2.24 bits per heavy atom. The van der Waals surface area contributed by atoms with Gasteiger partial charge in [-0.05, 0) is 55.3 Å². The van der Waals surface area contributed by atoms with Gasteiger partial charge in [-0.1, -0.05) is 23.2 Å². The molecule has 108 valence electrons. The Bertz CT molecular complexity index is 666. The fourth-order valence-corrected chi connectivity index (χ4v) is 2.25. The maximum Gasteiger partial charge on any atom is 0.255 e. The van der Waals surface area contributed by atoms with E-state index >= 15 is 0 Å². The minimum atomic E-state index is -0.212. The maximum absolute atomic E-state index is 12.1. The molecule has 0 unspecified atom stereocenters. The maximum atomic E-state index is 12.1. The lowest BCUT2D eigenvalue weighted by Gasteiger charge is -2.08. The van der Waals surface area contributed by atoms with Crippen molar-refractivity contribution in [1.29, 1.82) is 0 Å². The van der Waals surface area contributed by atoms with Gasteiger partial charge in [0.2, 0.25) is 0 Å². The van der Waals surface area contributed by atoms with Crippen LogP contribution in [0.25, 0.3) is 0 Å². The van der Waals surface area contributed by atoms with E-state index < -0.39 is 0 Å². The number of benzene rings is 2. The summed E-state index contributed by atoms with van der Waals surface area (Å²) in [6.07, 6.45) is 2.46. The molecule has 1 fully saturated rings. The van der Waals surface area contributed by atoms with Crippen molar-refractivity contribution in [1.82, 2.24) is 0 Å². The lowest BCUT2D eigenvalue weighted by Crippen LogP contribution is -2.11. The molecule has 1 saturated carbocycles. The predicted octanol–water partition coefficient (Wildman–Crippen LogP) is 4.82. The van der Waals surface area contributed by atoms with E-state index in [4.69, 9.17) is 23.2 Å². The van der Waals surface area contributed by atoms with Gasteiger partial charge in [-0.2, -0.15) is 0 Å². The number of halogens is 2. The second-order valence-electron chi connectivity index (χ2n) is 5.08. The molecule has 3 rings (SSSR count). The van der Waals surface area contributed by atoms with Crippen molar-refractivity contribution in [3.05, 3.63) is 58.1 Å². The summed E-state index contributed by atoms with van der Waals surface area (Å²) in [5, 5.41) is 7.03. The van der Waals surface area contributed by atoms with E-state index in [9.17, 15) is 4.79 Å². The van der Waals surface area contributed by atoms with Gasteiger partial charge in [0.15, 0.2) is 0 Å². The van der Waals surface area contributed by atoms with Crippen LogP contribution in [0.3, 0.4) is 0 Å². The van der Waals surface area contributed by atoms with Crippen molar-refractivity contribution < 1.29 is 4.79 Å². The highest BCUT2D eigenvalue weighted by atomic mass is 35.5. The summed E-state index contributed by atoms with van der Waals surface area (Å²) in [4.78, 5) is 12.1. The number of carbonyl (C=O) groups is 1. The van der Waals surface area contributed by atoms with Crippen molar-refractivity contribution in [3.63, 3.8) is 0 Å². The number of amides is 1. The van der Waals surface area contributed by atoms with Crippen molar-refractivity contribution >= 4 is 40.5 Å². The van der Waals surface area contributed by atoms with Crippen LogP contribution in [0.1, 0.15) is 23.2 Å². The molecule has 2 N–H and O–H groups in total. The van der Waals surface area contributed by atoms with Gasteiger partial charge >= 0.3 is 0 Å². The minimum Gasteiger partial charge on any atom is -0.382 e. The lowest BCUT2D eigenvalue weighted by molar-refractivity contribution is 0.102. The van der Waals surface area contributed by atoms with Gasteiger partial charge < -0.3 is 10.6 Å². The average molecular weight is 321 g/mol. The topological polar surface area (TPSA) is 41.1 Å². The van der Waals surface area contributed by atoms with E-state index in [1.807, 2.05) is 24.3 Å². The molecule has 2 aromatic rings. The van der Waals surface area contributed by atoms with Crippen LogP contribution in [0.4, 0.5) is 11.4 Å². The van der Waals surface area contributed by atoms with Crippen LogP contribution in [-0.4, -0.2) is 11.9 Å². The molecule has 0 aromatic heterocycles. The third-order valence-electron chi connectivity index (χ3n) is 3.27. The second-order valence-corrected chi connectivity index (χ2v) is 5.89. The summed E-state index contributed by atoms with van der Waals surface area (Å²) in [6, 6.07) is 13.1. The van der Waals surface area contributed by atoms with E-state index in [2.05, 4.69) is 10.6 Å². The standard InChI is InChI=1S/C16H14Cl2N2O/c17-14-8-1-10(9-15(14)18)16(21)20-13-6-4-12(5-7-13)19-11-2-3-11/h1,4-9,11,19H,2-3H2,(H,20,21). The molecule has 0 heterocycles. The van der Waals surface area contributed by atoms with Gasteiger partial charge in [0, 0.05) is 23.0 Å². The monoisotopic (exact) mass is 320 g/mol. The van der Waals surface area contributed by atoms with Crippen LogP contribution < -0.4 is 10.6 Å². The summed E-state index contributed by atoms with van der Waals surface area (Å²) in [5.74, 6) is -0.212. The molecule has 0 aliphatic heterocycles. The Labute approximate surface area is 133 Å². The zero-order valence-corrected chi connectivity index (χ0v) is 12.7. The first-order valence-electron chi connectivity index (χ1n) is 6.75. The first-order chi connectivity index (χ1) is 10.1. The van der Waals surface area contributed by atoms with Gasteiger partial charge in [0.1, 0.15) is 0 Å². The molecule has 0 atom stereocenters. The molecule has 21 heavy (non-hydrogen) atoms. The average Bonchev–Trinajstić information content (AvgIpc) is 3.28. The zero-order chi connectivity index (χ0) is 14.8. The number of nitrogens with one attached hydrogen (secondary N) is 2. The van der Waals surface area contributed by atoms with E-state index in [0.29, 0.717) is 21.7 Å². The summed E-state index contributed by atoms with van der Waals surface area (Å²) >= 11 is 11.8. The molecule has 1 amide bonds. The van der Waals surface area contributed by atoms with Gasteiger partial charge in [0.25, 0.3) is 5.91 Å². The van der Waals surface area contributed by atoms with E-state index in [0.717, 1.165) is 11.4 Å². The molecule has 3 nitrogen and oxygen atoms in total. The Morgan fingerprint density at radius 2 is 1.62 bits per heavy atom. The third kappa shape index (κ3) is 3.69. The highest BCUT2D eigenvalue weighted by Gasteiger charge is 2.20. The Kier molecular flexibility index (Phi) is 4.04. The summed E-state index contributed by atoms with van der Waals surface area (Å²) < 4.78 is 0. The third-order valence-corrected chi connectivity index (χ3v) is 4.01. The molecular formula is C16H14Cl2N2O. The Balaban J connectivity index is 1.67. The quantitative estimate of drug-likeness (QED) is 0.847. The van der Waals surface area contributed by atoms with Crippen LogP contribution in [0.15, 0.2) is 42.5 Å². The smallest absolute Gasteiger partial charge is 0.255 e. The number of rotatable bonds is 4. The fourth-order valence-electron chi connectivity index (χ4n) is 1.95. The largest absolute Gasteiger partial charge is 0.382 e. The SMILES string of the molecule is O=C(Nc1ccc(NC2CC2)cc1)c1ccc(Cl)c(Cl)c1. The van der Waals surface area contributed by atoms with Crippen molar-refractivity contribution in [2.45, 2.75) is 18.9 Å². The molecule has 0 radical (unpaired) electrons. The summed E-state index contributed by atoms with van der Waals surface area (Å²) in [7, 11) is 0. The fraction of sp³-hybridized carbons (Fsp3) is 0.188. The van der Waals surface area contributed by atoms with E-state index in [1.54, 1.807) is 18.2 Å². The highest BCUT2D eigenvalue weighted by Crippen LogP contribution is 2.26. The van der Waals surface area contributed by atoms with Gasteiger partial charge in [-0.15, -0.1) is 0 Å². The molecule has 2 aromatic carbocycles. The normalized spacial score (nSPS) is 13.8. The van der Waals surface area contributed by atoms with Crippen molar-refractivity contribution in [2.24, 2.45) is 0 Å². The number of anilines is 2. The Hall–Kier alpha value is -1.71. The molecule has 0 bridgehead atoms. The zero-order valence-electron chi connectivity index (χ0n) is 11.2. The molecule has 1 aliphatic rings. The number of hydrogen-bond donors (Lipinski definition) is 2. The molecule has 5 heteroatoms. The van der Waals surface area contributed by atoms with Gasteiger partial charge in [-0.25, -0.2) is 0 Å². The number of hydrogen-bond acceptors (Lipinski definition) is 2. The Morgan fingerprint density at radius 1 is 0.952 bits per heavy atom. The molecule has 1 aliphatic carbocycles. The first-order valence-corrected chi connectivity index (χ1v) is 7.50. The predicted molar refractivity (Wildman–Crippen MR) is 87.5 cm³/mol. The summed E-state index contributed by atoms with van der Waals surface area (Å²) in [6.45, 7) is 0. The number of carbonyl (C=O) groups excluding carboxylic acids is 1. The second kappa shape index (κ2) is 5.96.